The summed E-state index contributed by atoms with van der Waals surface area (Å²) < 4.78 is 6.48. The lowest BCUT2D eigenvalue weighted by Gasteiger charge is -2.19. The van der Waals surface area contributed by atoms with Crippen LogP contribution in [0.4, 0.5) is 10.5 Å². The van der Waals surface area contributed by atoms with Gasteiger partial charge in [0.05, 0.1) is 16.8 Å². The fourth-order valence-electron chi connectivity index (χ4n) is 3.73. The molecule has 0 saturated heterocycles. The van der Waals surface area contributed by atoms with Crippen molar-refractivity contribution in [3.8, 4) is 0 Å². The number of benzene rings is 2. The number of pyridine rings is 1. The summed E-state index contributed by atoms with van der Waals surface area (Å²) in [6.07, 6.45) is 0.970. The Kier molecular flexibility index (Phi) is 7.71. The van der Waals surface area contributed by atoms with Crippen molar-refractivity contribution >= 4 is 22.8 Å². The molecule has 2 heterocycles. The minimum absolute atomic E-state index is 0.237. The maximum Gasteiger partial charge on any atom is 0.407 e. The zero-order valence-corrected chi connectivity index (χ0v) is 21.4. The van der Waals surface area contributed by atoms with E-state index in [1.807, 2.05) is 82.3 Å². The predicted molar refractivity (Wildman–Crippen MR) is 142 cm³/mol. The number of aryl methyl sites for hydroxylation is 1. The SMILES string of the molecule is Cc1ncnc2c1c(NCc1ccc(CNC(=O)OC(C)(C)C)cc1)cc(=O)n2OCc1ccccc1. The Bertz CT molecular complexity index is 1430. The average molecular weight is 502 g/mol. The molecule has 0 fully saturated rings. The Labute approximate surface area is 215 Å². The normalized spacial score (nSPS) is 11.2. The highest BCUT2D eigenvalue weighted by Gasteiger charge is 2.16. The highest BCUT2D eigenvalue weighted by molar-refractivity contribution is 5.90. The van der Waals surface area contributed by atoms with Crippen LogP contribution in [0.1, 0.15) is 43.2 Å². The van der Waals surface area contributed by atoms with Crippen LogP contribution >= 0.6 is 0 Å². The van der Waals surface area contributed by atoms with E-state index in [4.69, 9.17) is 9.57 Å². The van der Waals surface area contributed by atoms with Crippen molar-refractivity contribution in [1.82, 2.24) is 20.0 Å². The molecular weight excluding hydrogens is 470 g/mol. The van der Waals surface area contributed by atoms with Gasteiger partial charge in [0.2, 0.25) is 0 Å². The highest BCUT2D eigenvalue weighted by Crippen LogP contribution is 2.23. The summed E-state index contributed by atoms with van der Waals surface area (Å²) in [6, 6.07) is 19.0. The second kappa shape index (κ2) is 11.1. The van der Waals surface area contributed by atoms with Crippen LogP contribution in [0.3, 0.4) is 0 Å². The first-order valence-electron chi connectivity index (χ1n) is 12.0. The summed E-state index contributed by atoms with van der Waals surface area (Å²) in [5.41, 5.74) is 3.80. The molecule has 1 amide bonds. The largest absolute Gasteiger partial charge is 0.444 e. The van der Waals surface area contributed by atoms with E-state index in [1.54, 1.807) is 0 Å². The lowest BCUT2D eigenvalue weighted by Crippen LogP contribution is -2.32. The minimum Gasteiger partial charge on any atom is -0.444 e. The maximum atomic E-state index is 12.9. The van der Waals surface area contributed by atoms with Gasteiger partial charge in [-0.25, -0.2) is 14.8 Å². The van der Waals surface area contributed by atoms with Crippen LogP contribution in [-0.4, -0.2) is 26.4 Å². The number of carbonyl (C=O) groups is 1. The molecular formula is C28H31N5O4. The molecule has 4 aromatic rings. The number of carbonyl (C=O) groups excluding carboxylic acids is 1. The second-order valence-electron chi connectivity index (χ2n) is 9.63. The van der Waals surface area contributed by atoms with Gasteiger partial charge in [0.15, 0.2) is 5.65 Å². The minimum atomic E-state index is -0.540. The molecule has 0 unspecified atom stereocenters. The molecule has 4 rings (SSSR count). The third-order valence-electron chi connectivity index (χ3n) is 5.49. The summed E-state index contributed by atoms with van der Waals surface area (Å²) in [4.78, 5) is 39.3. The number of nitrogens with one attached hydrogen (secondary N) is 2. The van der Waals surface area contributed by atoms with Crippen molar-refractivity contribution in [2.24, 2.45) is 0 Å². The molecule has 0 spiro atoms. The number of aromatic nitrogens is 3. The standard InChI is InChI=1S/C28H31N5O4/c1-19-25-23(29-15-20-10-12-21(13-11-20)16-30-27(35)37-28(2,3)4)14-24(34)33(26(25)32-18-31-19)36-17-22-8-6-5-7-9-22/h5-14,18,29H,15-17H2,1-4H3,(H,30,35). The van der Waals surface area contributed by atoms with Crippen molar-refractivity contribution < 1.29 is 14.4 Å². The van der Waals surface area contributed by atoms with Gasteiger partial charge in [-0.2, -0.15) is 0 Å². The number of anilines is 1. The van der Waals surface area contributed by atoms with Crippen LogP contribution in [0.2, 0.25) is 0 Å². The summed E-state index contributed by atoms with van der Waals surface area (Å²) in [5, 5.41) is 6.81. The third-order valence-corrected chi connectivity index (χ3v) is 5.49. The van der Waals surface area contributed by atoms with E-state index >= 15 is 0 Å². The van der Waals surface area contributed by atoms with Crippen molar-refractivity contribution in [3.05, 3.63) is 99.7 Å². The smallest absolute Gasteiger partial charge is 0.407 e. The lowest BCUT2D eigenvalue weighted by atomic mass is 10.1. The third kappa shape index (κ3) is 6.84. The first-order chi connectivity index (χ1) is 17.7. The second-order valence-corrected chi connectivity index (χ2v) is 9.63. The Morgan fingerprint density at radius 1 is 0.946 bits per heavy atom. The van der Waals surface area contributed by atoms with E-state index in [1.165, 1.54) is 17.1 Å². The predicted octanol–water partition coefficient (Wildman–Crippen LogP) is 4.37. The van der Waals surface area contributed by atoms with Crippen molar-refractivity contribution in [2.75, 3.05) is 5.32 Å². The Balaban J connectivity index is 1.46. The van der Waals surface area contributed by atoms with Crippen LogP contribution in [-0.2, 0) is 24.4 Å². The van der Waals surface area contributed by atoms with Gasteiger partial charge in [-0.15, -0.1) is 4.73 Å². The van der Waals surface area contributed by atoms with Gasteiger partial charge in [0, 0.05) is 19.2 Å². The van der Waals surface area contributed by atoms with Crippen LogP contribution in [0, 0.1) is 6.92 Å². The van der Waals surface area contributed by atoms with Gasteiger partial charge in [-0.05, 0) is 44.4 Å². The molecule has 9 nitrogen and oxygen atoms in total. The molecule has 2 aromatic heterocycles. The molecule has 0 atom stereocenters. The molecule has 9 heteroatoms. The van der Waals surface area contributed by atoms with Crippen molar-refractivity contribution in [2.45, 2.75) is 53.0 Å². The number of hydrogen-bond donors (Lipinski definition) is 2. The van der Waals surface area contributed by atoms with Gasteiger partial charge in [-0.3, -0.25) is 4.79 Å². The van der Waals surface area contributed by atoms with Crippen LogP contribution in [0.15, 0.2) is 71.8 Å². The summed E-state index contributed by atoms with van der Waals surface area (Å²) in [7, 11) is 0. The quantitative estimate of drug-likeness (QED) is 0.369. The molecule has 0 aliphatic rings. The fraction of sp³-hybridized carbons (Fsp3) is 0.286. The number of alkyl carbamates (subject to hydrolysis) is 1. The zero-order chi connectivity index (χ0) is 26.4. The molecule has 2 N–H and O–H groups in total. The van der Waals surface area contributed by atoms with E-state index in [-0.39, 0.29) is 12.2 Å². The Hall–Kier alpha value is -4.40. The monoisotopic (exact) mass is 501 g/mol. The van der Waals surface area contributed by atoms with Crippen LogP contribution in [0.25, 0.3) is 11.0 Å². The number of fused-ring (bicyclic) bond motifs is 1. The van der Waals surface area contributed by atoms with Gasteiger partial charge >= 0.3 is 6.09 Å². The molecule has 37 heavy (non-hydrogen) atoms. The molecule has 192 valence electrons. The van der Waals surface area contributed by atoms with E-state index in [2.05, 4.69) is 20.6 Å². The fourth-order valence-corrected chi connectivity index (χ4v) is 3.73. The average Bonchev–Trinajstić information content (AvgIpc) is 2.86. The van der Waals surface area contributed by atoms with Gasteiger partial charge in [0.25, 0.3) is 5.56 Å². The lowest BCUT2D eigenvalue weighted by molar-refractivity contribution is 0.0523. The van der Waals surface area contributed by atoms with E-state index in [0.29, 0.717) is 29.8 Å². The maximum absolute atomic E-state index is 12.9. The van der Waals surface area contributed by atoms with Crippen molar-refractivity contribution in [1.29, 1.82) is 0 Å². The highest BCUT2D eigenvalue weighted by atomic mass is 16.7. The Morgan fingerprint density at radius 2 is 1.62 bits per heavy atom. The van der Waals surface area contributed by atoms with Gasteiger partial charge in [0.1, 0.15) is 18.5 Å². The number of amides is 1. The first-order valence-corrected chi connectivity index (χ1v) is 12.0. The number of rotatable bonds is 8. The number of ether oxygens (including phenoxy) is 1. The van der Waals surface area contributed by atoms with Crippen molar-refractivity contribution in [3.63, 3.8) is 0 Å². The number of hydrogen-bond acceptors (Lipinski definition) is 7. The first kappa shape index (κ1) is 25.7. The van der Waals surface area contributed by atoms with E-state index in [0.717, 1.165) is 22.4 Å². The molecule has 0 saturated carbocycles. The molecule has 2 aromatic carbocycles. The molecule has 0 aliphatic carbocycles. The topological polar surface area (TPSA) is 107 Å². The van der Waals surface area contributed by atoms with Crippen LogP contribution in [0.5, 0.6) is 0 Å². The van der Waals surface area contributed by atoms with Crippen LogP contribution < -0.4 is 21.0 Å². The molecule has 0 radical (unpaired) electrons. The van der Waals surface area contributed by atoms with E-state index < -0.39 is 11.7 Å². The van der Waals surface area contributed by atoms with Gasteiger partial charge in [-0.1, -0.05) is 54.6 Å². The summed E-state index contributed by atoms with van der Waals surface area (Å²) in [5.74, 6) is 0. The molecule has 0 aliphatic heterocycles. The molecule has 0 bridgehead atoms. The summed E-state index contributed by atoms with van der Waals surface area (Å²) >= 11 is 0. The van der Waals surface area contributed by atoms with E-state index in [9.17, 15) is 9.59 Å². The summed E-state index contributed by atoms with van der Waals surface area (Å²) in [6.45, 7) is 8.43. The zero-order valence-electron chi connectivity index (χ0n) is 21.4. The Morgan fingerprint density at radius 3 is 2.30 bits per heavy atom. The van der Waals surface area contributed by atoms with Gasteiger partial charge < -0.3 is 20.2 Å². The number of nitrogens with zero attached hydrogens (tertiary/aromatic N) is 3.